The maximum absolute atomic E-state index is 4.19. The van der Waals surface area contributed by atoms with E-state index in [1.54, 1.807) is 6.20 Å². The van der Waals surface area contributed by atoms with Crippen molar-refractivity contribution in [2.24, 2.45) is 0 Å². The summed E-state index contributed by atoms with van der Waals surface area (Å²) in [6.45, 7) is 0.822. The van der Waals surface area contributed by atoms with Gasteiger partial charge in [0.1, 0.15) is 0 Å². The Bertz CT molecular complexity index is 465. The standard InChI is InChI=1S/C12H11BrN2Se/c13-12-7-8-14-15(12)9-4-10-16-11-5-2-1-3-6-11/h1-8,10H,9H2/b10-4-. The van der Waals surface area contributed by atoms with Crippen LogP contribution in [0, 0.1) is 0 Å². The van der Waals surface area contributed by atoms with Crippen molar-refractivity contribution in [3.05, 3.63) is 58.2 Å². The number of allylic oxidation sites excluding steroid dienone is 1. The van der Waals surface area contributed by atoms with E-state index in [1.807, 2.05) is 16.8 Å². The van der Waals surface area contributed by atoms with Crippen molar-refractivity contribution in [1.29, 1.82) is 0 Å². The van der Waals surface area contributed by atoms with Gasteiger partial charge in [-0.3, -0.25) is 0 Å². The van der Waals surface area contributed by atoms with Crippen LogP contribution in [0.5, 0.6) is 0 Å². The van der Waals surface area contributed by atoms with Crippen LogP contribution in [0.2, 0.25) is 0 Å². The van der Waals surface area contributed by atoms with Crippen LogP contribution in [0.3, 0.4) is 0 Å². The molecule has 0 aliphatic rings. The topological polar surface area (TPSA) is 17.8 Å². The zero-order chi connectivity index (χ0) is 11.2. The third kappa shape index (κ3) is 3.34. The summed E-state index contributed by atoms with van der Waals surface area (Å²) in [6.07, 6.45) is 3.95. The molecule has 82 valence electrons. The van der Waals surface area contributed by atoms with Gasteiger partial charge in [-0.05, 0) is 0 Å². The van der Waals surface area contributed by atoms with Crippen LogP contribution in [0.25, 0.3) is 0 Å². The number of hydrogen-bond donors (Lipinski definition) is 0. The van der Waals surface area contributed by atoms with Gasteiger partial charge in [0, 0.05) is 0 Å². The van der Waals surface area contributed by atoms with E-state index < -0.39 is 0 Å². The summed E-state index contributed by atoms with van der Waals surface area (Å²) in [5.74, 6) is 0. The molecule has 2 nitrogen and oxygen atoms in total. The molecule has 0 unspecified atom stereocenters. The van der Waals surface area contributed by atoms with Crippen LogP contribution in [-0.4, -0.2) is 24.7 Å². The molecule has 2 rings (SSSR count). The van der Waals surface area contributed by atoms with Gasteiger partial charge in [-0.25, -0.2) is 0 Å². The van der Waals surface area contributed by atoms with Gasteiger partial charge in [-0.2, -0.15) is 0 Å². The van der Waals surface area contributed by atoms with Gasteiger partial charge in [0.2, 0.25) is 0 Å². The molecule has 4 heteroatoms. The molecule has 0 saturated heterocycles. The van der Waals surface area contributed by atoms with Crippen LogP contribution in [0.4, 0.5) is 0 Å². The van der Waals surface area contributed by atoms with Crippen LogP contribution < -0.4 is 4.46 Å². The number of hydrogen-bond acceptors (Lipinski definition) is 1. The molecule has 0 atom stereocenters. The zero-order valence-electron chi connectivity index (χ0n) is 8.58. The summed E-state index contributed by atoms with van der Waals surface area (Å²) < 4.78 is 4.33. The summed E-state index contributed by atoms with van der Waals surface area (Å²) in [7, 11) is 0. The van der Waals surface area contributed by atoms with Gasteiger partial charge in [0.15, 0.2) is 0 Å². The van der Waals surface area contributed by atoms with Gasteiger partial charge < -0.3 is 0 Å². The van der Waals surface area contributed by atoms with Crippen molar-refractivity contribution in [3.63, 3.8) is 0 Å². The fraction of sp³-hybridized carbons (Fsp3) is 0.0833. The molecule has 0 aliphatic heterocycles. The van der Waals surface area contributed by atoms with Crippen LogP contribution in [0.1, 0.15) is 0 Å². The second-order valence-corrected chi connectivity index (χ2v) is 6.01. The van der Waals surface area contributed by atoms with Gasteiger partial charge in [-0.15, -0.1) is 0 Å². The van der Waals surface area contributed by atoms with E-state index in [0.29, 0.717) is 15.0 Å². The zero-order valence-corrected chi connectivity index (χ0v) is 11.9. The van der Waals surface area contributed by atoms with Gasteiger partial charge in [0.25, 0.3) is 0 Å². The third-order valence-corrected chi connectivity index (χ3v) is 4.49. The van der Waals surface area contributed by atoms with Gasteiger partial charge in [0.05, 0.1) is 0 Å². The fourth-order valence-corrected chi connectivity index (χ4v) is 2.95. The predicted molar refractivity (Wildman–Crippen MR) is 70.9 cm³/mol. The van der Waals surface area contributed by atoms with Crippen molar-refractivity contribution < 1.29 is 0 Å². The van der Waals surface area contributed by atoms with E-state index in [1.165, 1.54) is 4.46 Å². The first kappa shape index (κ1) is 11.6. The quantitative estimate of drug-likeness (QED) is 0.779. The Labute approximate surface area is 110 Å². The van der Waals surface area contributed by atoms with E-state index in [4.69, 9.17) is 0 Å². The van der Waals surface area contributed by atoms with E-state index >= 15 is 0 Å². The van der Waals surface area contributed by atoms with E-state index in [-0.39, 0.29) is 0 Å². The summed E-state index contributed by atoms with van der Waals surface area (Å²) in [5, 5.41) is 4.19. The number of benzene rings is 1. The Hall–Kier alpha value is -0.831. The Morgan fingerprint density at radius 2 is 2.06 bits per heavy atom. The Morgan fingerprint density at radius 3 is 2.75 bits per heavy atom. The molecule has 0 saturated carbocycles. The summed E-state index contributed by atoms with van der Waals surface area (Å²) >= 11 is 3.85. The minimum absolute atomic E-state index is 0.418. The Morgan fingerprint density at radius 1 is 1.25 bits per heavy atom. The number of rotatable bonds is 4. The minimum atomic E-state index is 0.418. The Balaban J connectivity index is 1.85. The van der Waals surface area contributed by atoms with Crippen molar-refractivity contribution in [2.75, 3.05) is 0 Å². The van der Waals surface area contributed by atoms with Crippen LogP contribution in [0.15, 0.2) is 58.2 Å². The molecule has 1 heterocycles. The van der Waals surface area contributed by atoms with Crippen LogP contribution >= 0.6 is 15.9 Å². The molecule has 0 fully saturated rings. The van der Waals surface area contributed by atoms with Gasteiger partial charge in [-0.1, -0.05) is 0 Å². The van der Waals surface area contributed by atoms with E-state index in [0.717, 1.165) is 11.1 Å². The molecule has 16 heavy (non-hydrogen) atoms. The molecule has 2 aromatic rings. The second kappa shape index (κ2) is 6.04. The average Bonchev–Trinajstić information content (AvgIpc) is 2.72. The molecule has 0 radical (unpaired) electrons. The molecular formula is C12H11BrN2Se. The SMILES string of the molecule is Brc1ccnn1C/C=C\[Se]c1ccccc1. The van der Waals surface area contributed by atoms with Gasteiger partial charge >= 0.3 is 110 Å². The van der Waals surface area contributed by atoms with E-state index in [2.05, 4.69) is 56.3 Å². The molecule has 1 aromatic carbocycles. The number of nitrogens with zero attached hydrogens (tertiary/aromatic N) is 2. The molecular weight excluding hydrogens is 331 g/mol. The number of aromatic nitrogens is 2. The van der Waals surface area contributed by atoms with Crippen molar-refractivity contribution >= 4 is 35.3 Å². The summed E-state index contributed by atoms with van der Waals surface area (Å²) in [4.78, 5) is 2.23. The molecule has 0 amide bonds. The fourth-order valence-electron chi connectivity index (χ4n) is 1.22. The first-order chi connectivity index (χ1) is 7.86. The Kier molecular flexibility index (Phi) is 4.40. The van der Waals surface area contributed by atoms with E-state index in [9.17, 15) is 0 Å². The third-order valence-electron chi connectivity index (χ3n) is 1.99. The summed E-state index contributed by atoms with van der Waals surface area (Å²) in [6, 6.07) is 12.5. The first-order valence-electron chi connectivity index (χ1n) is 4.90. The van der Waals surface area contributed by atoms with Crippen molar-refractivity contribution in [1.82, 2.24) is 9.78 Å². The normalized spacial score (nSPS) is 11.1. The van der Waals surface area contributed by atoms with Crippen LogP contribution in [-0.2, 0) is 6.54 Å². The second-order valence-electron chi connectivity index (χ2n) is 3.14. The van der Waals surface area contributed by atoms with Crippen molar-refractivity contribution in [3.8, 4) is 0 Å². The molecule has 1 aromatic heterocycles. The molecule has 0 N–H and O–H groups in total. The average molecular weight is 342 g/mol. The molecule has 0 aliphatic carbocycles. The maximum atomic E-state index is 4.19. The first-order valence-corrected chi connectivity index (χ1v) is 7.54. The predicted octanol–water partition coefficient (Wildman–Crippen LogP) is 2.19. The number of halogens is 1. The molecule has 0 bridgehead atoms. The van der Waals surface area contributed by atoms with Crippen molar-refractivity contribution in [2.45, 2.75) is 6.54 Å². The summed E-state index contributed by atoms with van der Waals surface area (Å²) in [5.41, 5.74) is 0. The monoisotopic (exact) mass is 342 g/mol. The molecule has 0 spiro atoms.